The van der Waals surface area contributed by atoms with E-state index >= 15 is 0 Å². The topological polar surface area (TPSA) is 26.0 Å². The molecule has 0 aromatic heterocycles. The van der Waals surface area contributed by atoms with E-state index in [9.17, 15) is 8.78 Å². The van der Waals surface area contributed by atoms with Gasteiger partial charge in [-0.15, -0.1) is 0 Å². The van der Waals surface area contributed by atoms with Gasteiger partial charge in [-0.1, -0.05) is 27.5 Å². The summed E-state index contributed by atoms with van der Waals surface area (Å²) in [7, 11) is 0. The summed E-state index contributed by atoms with van der Waals surface area (Å²) in [6.45, 7) is 0. The molecule has 82 valence electrons. The largest absolute Gasteiger partial charge is 0.321 e. The van der Waals surface area contributed by atoms with Crippen LogP contribution in [0.15, 0.2) is 22.7 Å². The first-order chi connectivity index (χ1) is 6.81. The van der Waals surface area contributed by atoms with E-state index in [1.807, 2.05) is 0 Å². The highest BCUT2D eigenvalue weighted by atomic mass is 79.9. The van der Waals surface area contributed by atoms with E-state index in [1.54, 1.807) is 18.2 Å². The van der Waals surface area contributed by atoms with Crippen molar-refractivity contribution in [3.05, 3.63) is 33.3 Å². The van der Waals surface area contributed by atoms with Gasteiger partial charge in [-0.25, -0.2) is 8.78 Å². The Morgan fingerprint density at radius 3 is 2.33 bits per heavy atom. The summed E-state index contributed by atoms with van der Waals surface area (Å²) in [5, 5.41) is 0.499. The van der Waals surface area contributed by atoms with E-state index in [0.717, 1.165) is 4.47 Å². The predicted molar refractivity (Wildman–Crippen MR) is 59.2 cm³/mol. The molecule has 0 aliphatic heterocycles. The number of alkyl halides is 2. The normalized spacial score (nSPS) is 22.2. The molecule has 1 aliphatic carbocycles. The van der Waals surface area contributed by atoms with Gasteiger partial charge in [0, 0.05) is 22.3 Å². The minimum atomic E-state index is -2.64. The van der Waals surface area contributed by atoms with E-state index < -0.39 is 11.5 Å². The van der Waals surface area contributed by atoms with Crippen LogP contribution in [0.5, 0.6) is 0 Å². The van der Waals surface area contributed by atoms with Gasteiger partial charge >= 0.3 is 0 Å². The summed E-state index contributed by atoms with van der Waals surface area (Å²) in [6, 6.07) is 5.08. The Balaban J connectivity index is 2.31. The lowest BCUT2D eigenvalue weighted by Crippen LogP contribution is -2.55. The van der Waals surface area contributed by atoms with Crippen molar-refractivity contribution in [1.82, 2.24) is 0 Å². The van der Waals surface area contributed by atoms with E-state index in [2.05, 4.69) is 15.9 Å². The Labute approximate surface area is 99.7 Å². The fraction of sp³-hybridized carbons (Fsp3) is 0.400. The Morgan fingerprint density at radius 1 is 1.27 bits per heavy atom. The first kappa shape index (κ1) is 11.3. The fourth-order valence-corrected chi connectivity index (χ4v) is 2.78. The molecule has 1 aliphatic rings. The highest BCUT2D eigenvalue weighted by Gasteiger charge is 2.55. The average molecular weight is 297 g/mol. The molecule has 0 radical (unpaired) electrons. The van der Waals surface area contributed by atoms with E-state index in [0.29, 0.717) is 10.6 Å². The van der Waals surface area contributed by atoms with Gasteiger partial charge in [0.05, 0.1) is 5.54 Å². The minimum absolute atomic E-state index is 0.313. The van der Waals surface area contributed by atoms with Gasteiger partial charge in [0.15, 0.2) is 0 Å². The third-order valence-corrected chi connectivity index (χ3v) is 3.26. The van der Waals surface area contributed by atoms with Crippen molar-refractivity contribution in [3.63, 3.8) is 0 Å². The molecule has 1 aromatic rings. The molecule has 2 N–H and O–H groups in total. The zero-order valence-electron chi connectivity index (χ0n) is 7.74. The molecule has 2 rings (SSSR count). The number of hydrogen-bond donors (Lipinski definition) is 1. The van der Waals surface area contributed by atoms with Gasteiger partial charge in [0.1, 0.15) is 0 Å². The number of rotatable bonds is 1. The number of halogens is 4. The molecule has 0 heterocycles. The number of benzene rings is 1. The minimum Gasteiger partial charge on any atom is -0.321 e. The van der Waals surface area contributed by atoms with Crippen LogP contribution in [-0.4, -0.2) is 5.92 Å². The molecule has 0 atom stereocenters. The van der Waals surface area contributed by atoms with Crippen LogP contribution in [0.25, 0.3) is 0 Å². The molecule has 0 spiro atoms. The first-order valence-corrected chi connectivity index (χ1v) is 5.61. The number of nitrogens with two attached hydrogens (primary N) is 1. The molecule has 0 amide bonds. The summed E-state index contributed by atoms with van der Waals surface area (Å²) in [5.74, 6) is -2.64. The lowest BCUT2D eigenvalue weighted by Gasteiger charge is -2.45. The summed E-state index contributed by atoms with van der Waals surface area (Å²) < 4.78 is 26.3. The maximum absolute atomic E-state index is 12.8. The van der Waals surface area contributed by atoms with Crippen LogP contribution in [0.4, 0.5) is 8.78 Å². The van der Waals surface area contributed by atoms with Gasteiger partial charge in [-0.3, -0.25) is 0 Å². The average Bonchev–Trinajstić information content (AvgIpc) is 1.98. The van der Waals surface area contributed by atoms with Crippen LogP contribution in [0.1, 0.15) is 18.4 Å². The summed E-state index contributed by atoms with van der Waals surface area (Å²) in [5.41, 5.74) is 5.60. The Morgan fingerprint density at radius 2 is 1.87 bits per heavy atom. The molecule has 1 saturated carbocycles. The second-order valence-electron chi connectivity index (χ2n) is 4.02. The van der Waals surface area contributed by atoms with Crippen molar-refractivity contribution in [2.24, 2.45) is 5.73 Å². The maximum Gasteiger partial charge on any atom is 0.252 e. The standard InChI is InChI=1S/C10H9BrClF2N/c11-7-1-6(2-8(12)3-7)9(15)4-10(13,14)5-9/h1-3H,4-5,15H2. The molecule has 1 nitrogen and oxygen atoms in total. The highest BCUT2D eigenvalue weighted by molar-refractivity contribution is 9.10. The molecule has 1 fully saturated rings. The molecule has 0 unspecified atom stereocenters. The van der Waals surface area contributed by atoms with E-state index in [4.69, 9.17) is 17.3 Å². The lowest BCUT2D eigenvalue weighted by molar-refractivity contribution is -0.125. The van der Waals surface area contributed by atoms with Crippen LogP contribution < -0.4 is 5.73 Å². The zero-order chi connectivity index (χ0) is 11.3. The molecule has 0 bridgehead atoms. The van der Waals surface area contributed by atoms with Gasteiger partial charge in [-0.2, -0.15) is 0 Å². The van der Waals surface area contributed by atoms with Crippen molar-refractivity contribution in [2.75, 3.05) is 0 Å². The maximum atomic E-state index is 12.8. The molecule has 15 heavy (non-hydrogen) atoms. The van der Waals surface area contributed by atoms with Crippen LogP contribution in [0, 0.1) is 0 Å². The van der Waals surface area contributed by atoms with Gasteiger partial charge in [0.2, 0.25) is 0 Å². The summed E-state index contributed by atoms with van der Waals surface area (Å²) in [4.78, 5) is 0. The Kier molecular flexibility index (Phi) is 2.56. The van der Waals surface area contributed by atoms with Crippen molar-refractivity contribution >= 4 is 27.5 Å². The third kappa shape index (κ3) is 2.17. The van der Waals surface area contributed by atoms with E-state index in [1.165, 1.54) is 0 Å². The van der Waals surface area contributed by atoms with Crippen molar-refractivity contribution in [3.8, 4) is 0 Å². The van der Waals surface area contributed by atoms with Gasteiger partial charge < -0.3 is 5.73 Å². The fourth-order valence-electron chi connectivity index (χ4n) is 1.92. The zero-order valence-corrected chi connectivity index (χ0v) is 10.1. The highest BCUT2D eigenvalue weighted by Crippen LogP contribution is 2.50. The molecular weight excluding hydrogens is 287 g/mol. The molecule has 1 aromatic carbocycles. The quantitative estimate of drug-likeness (QED) is 0.840. The molecule has 5 heteroatoms. The van der Waals surface area contributed by atoms with Crippen molar-refractivity contribution in [2.45, 2.75) is 24.3 Å². The van der Waals surface area contributed by atoms with Crippen LogP contribution in [-0.2, 0) is 5.54 Å². The second kappa shape index (κ2) is 3.40. The van der Waals surface area contributed by atoms with Crippen LogP contribution in [0.2, 0.25) is 5.02 Å². The van der Waals surface area contributed by atoms with Crippen molar-refractivity contribution < 1.29 is 8.78 Å². The monoisotopic (exact) mass is 295 g/mol. The van der Waals surface area contributed by atoms with Crippen molar-refractivity contribution in [1.29, 1.82) is 0 Å². The van der Waals surface area contributed by atoms with Gasteiger partial charge in [0.25, 0.3) is 5.92 Å². The lowest BCUT2D eigenvalue weighted by atomic mass is 9.70. The number of hydrogen-bond acceptors (Lipinski definition) is 1. The van der Waals surface area contributed by atoms with Crippen LogP contribution in [0.3, 0.4) is 0 Å². The molecule has 0 saturated heterocycles. The SMILES string of the molecule is NC1(c2cc(Cl)cc(Br)c2)CC(F)(F)C1. The van der Waals surface area contributed by atoms with Crippen LogP contribution >= 0.6 is 27.5 Å². The predicted octanol–water partition coefficient (Wildman–Crippen LogP) is 3.69. The third-order valence-electron chi connectivity index (χ3n) is 2.59. The second-order valence-corrected chi connectivity index (χ2v) is 5.38. The smallest absolute Gasteiger partial charge is 0.252 e. The van der Waals surface area contributed by atoms with Gasteiger partial charge in [-0.05, 0) is 23.8 Å². The molecular formula is C10H9BrClF2N. The summed E-state index contributed by atoms with van der Waals surface area (Å²) in [6.07, 6.45) is -0.625. The van der Waals surface area contributed by atoms with E-state index in [-0.39, 0.29) is 12.8 Å². The Hall–Kier alpha value is -0.190. The first-order valence-electron chi connectivity index (χ1n) is 4.44. The Bertz CT molecular complexity index is 380. The summed E-state index contributed by atoms with van der Waals surface area (Å²) >= 11 is 9.10.